The van der Waals surface area contributed by atoms with E-state index in [0.717, 1.165) is 4.90 Å². The lowest BCUT2D eigenvalue weighted by molar-refractivity contribution is 0.989. The molecule has 0 spiro atoms. The second kappa shape index (κ2) is 4.19. The van der Waals surface area contributed by atoms with E-state index in [1.165, 1.54) is 25.8 Å². The first kappa shape index (κ1) is 11.3. The van der Waals surface area contributed by atoms with Crippen molar-refractivity contribution in [3.05, 3.63) is 25.8 Å². The summed E-state index contributed by atoms with van der Waals surface area (Å²) in [5, 5.41) is 0. The van der Waals surface area contributed by atoms with Crippen LogP contribution in [0, 0.1) is 24.3 Å². The number of thiol groups is 1. The normalized spacial score (nSPS) is 10.6. The van der Waals surface area contributed by atoms with Gasteiger partial charge in [-0.2, -0.15) is 0 Å². The summed E-state index contributed by atoms with van der Waals surface area (Å²) in [6.45, 7) is 6.91. The van der Waals surface area contributed by atoms with Crippen molar-refractivity contribution in [2.24, 2.45) is 5.73 Å². The molecule has 0 aliphatic rings. The van der Waals surface area contributed by atoms with Gasteiger partial charge in [-0.05, 0) is 65.6 Å². The third-order valence-electron chi connectivity index (χ3n) is 2.48. The van der Waals surface area contributed by atoms with Gasteiger partial charge in [0, 0.05) is 15.0 Å². The molecular weight excluding hydrogens is 293 g/mol. The van der Waals surface area contributed by atoms with Crippen molar-refractivity contribution in [2.75, 3.05) is 0 Å². The Morgan fingerprint density at radius 3 is 2.15 bits per heavy atom. The summed E-state index contributed by atoms with van der Waals surface area (Å²) >= 11 is 6.85. The third-order valence-corrected chi connectivity index (χ3v) is 4.77. The van der Waals surface area contributed by atoms with Gasteiger partial charge >= 0.3 is 0 Å². The van der Waals surface area contributed by atoms with E-state index in [-0.39, 0.29) is 0 Å². The molecule has 0 atom stereocenters. The molecule has 1 aromatic rings. The zero-order chi connectivity index (χ0) is 10.2. The number of hydrogen-bond acceptors (Lipinski definition) is 2. The SMILES string of the molecule is Cc1c(S)c(C)c(CN)c(C)c1I. The van der Waals surface area contributed by atoms with E-state index in [9.17, 15) is 0 Å². The highest BCUT2D eigenvalue weighted by Gasteiger charge is 2.11. The van der Waals surface area contributed by atoms with Crippen molar-refractivity contribution in [1.82, 2.24) is 0 Å². The highest BCUT2D eigenvalue weighted by atomic mass is 127. The van der Waals surface area contributed by atoms with Crippen molar-refractivity contribution in [3.63, 3.8) is 0 Å². The molecule has 1 aromatic carbocycles. The first-order chi connectivity index (χ1) is 6.00. The maximum atomic E-state index is 5.70. The minimum absolute atomic E-state index is 0.599. The zero-order valence-corrected chi connectivity index (χ0v) is 11.2. The summed E-state index contributed by atoms with van der Waals surface area (Å²) in [4.78, 5) is 1.08. The third kappa shape index (κ3) is 1.87. The quantitative estimate of drug-likeness (QED) is 0.605. The Hall–Kier alpha value is 0.260. The van der Waals surface area contributed by atoms with E-state index in [1.54, 1.807) is 0 Å². The van der Waals surface area contributed by atoms with Gasteiger partial charge < -0.3 is 5.73 Å². The topological polar surface area (TPSA) is 26.0 Å². The molecule has 1 nitrogen and oxygen atoms in total. The standard InChI is InChI=1S/C10H14INS/c1-5-8(4-12)6(2)10(13)7(3)9(5)11/h13H,4,12H2,1-3H3. The molecule has 3 heteroatoms. The number of benzene rings is 1. The lowest BCUT2D eigenvalue weighted by Crippen LogP contribution is -2.06. The van der Waals surface area contributed by atoms with Crippen LogP contribution < -0.4 is 5.73 Å². The summed E-state index contributed by atoms with van der Waals surface area (Å²) in [7, 11) is 0. The van der Waals surface area contributed by atoms with Crippen molar-refractivity contribution in [2.45, 2.75) is 32.2 Å². The maximum Gasteiger partial charge on any atom is 0.0203 e. The fourth-order valence-corrected chi connectivity index (χ4v) is 2.58. The van der Waals surface area contributed by atoms with Gasteiger partial charge in [-0.3, -0.25) is 0 Å². The Kier molecular flexibility index (Phi) is 3.65. The molecule has 13 heavy (non-hydrogen) atoms. The van der Waals surface area contributed by atoms with Gasteiger partial charge in [-0.25, -0.2) is 0 Å². The Balaban J connectivity index is 3.56. The van der Waals surface area contributed by atoms with Gasteiger partial charge in [0.15, 0.2) is 0 Å². The van der Waals surface area contributed by atoms with Crippen LogP contribution in [-0.4, -0.2) is 0 Å². The second-order valence-electron chi connectivity index (χ2n) is 3.22. The van der Waals surface area contributed by atoms with E-state index in [2.05, 4.69) is 56.0 Å². The summed E-state index contributed by atoms with van der Waals surface area (Å²) in [6, 6.07) is 0. The molecule has 0 aliphatic carbocycles. The van der Waals surface area contributed by atoms with Crippen molar-refractivity contribution < 1.29 is 0 Å². The number of rotatable bonds is 1. The first-order valence-electron chi connectivity index (χ1n) is 4.17. The van der Waals surface area contributed by atoms with E-state index in [1.807, 2.05) is 0 Å². The van der Waals surface area contributed by atoms with Crippen molar-refractivity contribution in [3.8, 4) is 0 Å². The monoisotopic (exact) mass is 307 g/mol. The summed E-state index contributed by atoms with van der Waals surface area (Å²) in [6.07, 6.45) is 0. The molecule has 0 heterocycles. The molecule has 0 bridgehead atoms. The van der Waals surface area contributed by atoms with Gasteiger partial charge in [0.05, 0.1) is 0 Å². The van der Waals surface area contributed by atoms with Crippen LogP contribution in [0.3, 0.4) is 0 Å². The molecule has 0 radical (unpaired) electrons. The van der Waals surface area contributed by atoms with E-state index in [0.29, 0.717) is 6.54 Å². The molecule has 0 saturated carbocycles. The largest absolute Gasteiger partial charge is 0.326 e. The molecule has 2 N–H and O–H groups in total. The zero-order valence-electron chi connectivity index (χ0n) is 8.11. The molecule has 72 valence electrons. The number of halogens is 1. The molecule has 0 aromatic heterocycles. The van der Waals surface area contributed by atoms with Crippen LogP contribution in [0.1, 0.15) is 22.3 Å². The minimum atomic E-state index is 0.599. The van der Waals surface area contributed by atoms with E-state index >= 15 is 0 Å². The van der Waals surface area contributed by atoms with E-state index in [4.69, 9.17) is 5.73 Å². The van der Waals surface area contributed by atoms with Crippen LogP contribution in [0.25, 0.3) is 0 Å². The van der Waals surface area contributed by atoms with Gasteiger partial charge in [0.2, 0.25) is 0 Å². The summed E-state index contributed by atoms with van der Waals surface area (Å²) in [5.41, 5.74) is 10.7. The molecule has 0 aliphatic heterocycles. The predicted octanol–water partition coefficient (Wildman–Crippen LogP) is 2.96. The average molecular weight is 307 g/mol. The summed E-state index contributed by atoms with van der Waals surface area (Å²) < 4.78 is 1.29. The molecule has 0 saturated heterocycles. The molecule has 1 rings (SSSR count). The molecule has 0 amide bonds. The lowest BCUT2D eigenvalue weighted by Gasteiger charge is -2.15. The second-order valence-corrected chi connectivity index (χ2v) is 4.75. The Labute approximate surface area is 98.6 Å². The van der Waals surface area contributed by atoms with Crippen LogP contribution in [0.2, 0.25) is 0 Å². The average Bonchev–Trinajstić information content (AvgIpc) is 2.13. The van der Waals surface area contributed by atoms with Crippen LogP contribution in [0.4, 0.5) is 0 Å². The maximum absolute atomic E-state index is 5.70. The van der Waals surface area contributed by atoms with Gasteiger partial charge in [-0.1, -0.05) is 0 Å². The fourth-order valence-electron chi connectivity index (χ4n) is 1.53. The van der Waals surface area contributed by atoms with Crippen LogP contribution in [-0.2, 0) is 6.54 Å². The number of nitrogens with two attached hydrogens (primary N) is 1. The Morgan fingerprint density at radius 2 is 1.69 bits per heavy atom. The summed E-state index contributed by atoms with van der Waals surface area (Å²) in [5.74, 6) is 0. The van der Waals surface area contributed by atoms with Crippen molar-refractivity contribution in [1.29, 1.82) is 0 Å². The van der Waals surface area contributed by atoms with Crippen LogP contribution in [0.5, 0.6) is 0 Å². The fraction of sp³-hybridized carbons (Fsp3) is 0.400. The highest BCUT2D eigenvalue weighted by molar-refractivity contribution is 14.1. The van der Waals surface area contributed by atoms with Gasteiger partial charge in [0.25, 0.3) is 0 Å². The van der Waals surface area contributed by atoms with Gasteiger partial charge in [-0.15, -0.1) is 12.6 Å². The predicted molar refractivity (Wildman–Crippen MR) is 68.5 cm³/mol. The first-order valence-corrected chi connectivity index (χ1v) is 5.70. The van der Waals surface area contributed by atoms with Crippen LogP contribution in [0.15, 0.2) is 4.90 Å². The Bertz CT molecular complexity index is 318. The van der Waals surface area contributed by atoms with E-state index < -0.39 is 0 Å². The minimum Gasteiger partial charge on any atom is -0.326 e. The smallest absolute Gasteiger partial charge is 0.0203 e. The highest BCUT2D eigenvalue weighted by Crippen LogP contribution is 2.30. The van der Waals surface area contributed by atoms with Crippen LogP contribution >= 0.6 is 35.2 Å². The lowest BCUT2D eigenvalue weighted by atomic mass is 10.00. The van der Waals surface area contributed by atoms with Gasteiger partial charge in [0.1, 0.15) is 0 Å². The molecule has 0 unspecified atom stereocenters. The van der Waals surface area contributed by atoms with Crippen molar-refractivity contribution >= 4 is 35.2 Å². The molecule has 0 fully saturated rings. The Morgan fingerprint density at radius 1 is 1.15 bits per heavy atom. The number of hydrogen-bond donors (Lipinski definition) is 2. The molecular formula is C10H14INS.